The Morgan fingerprint density at radius 1 is 1.19 bits per heavy atom. The van der Waals surface area contributed by atoms with E-state index in [-0.39, 0.29) is 24.0 Å². The molecule has 7 heteroatoms. The van der Waals surface area contributed by atoms with Gasteiger partial charge in [0, 0.05) is 18.7 Å². The van der Waals surface area contributed by atoms with E-state index < -0.39 is 0 Å². The first-order chi connectivity index (χ1) is 17.9. The van der Waals surface area contributed by atoms with Crippen molar-refractivity contribution in [2.45, 2.75) is 45.8 Å². The van der Waals surface area contributed by atoms with Crippen LogP contribution >= 0.6 is 0 Å². The predicted molar refractivity (Wildman–Crippen MR) is 150 cm³/mol. The van der Waals surface area contributed by atoms with Crippen molar-refractivity contribution in [3.63, 3.8) is 0 Å². The quantitative estimate of drug-likeness (QED) is 0.392. The Labute approximate surface area is 221 Å². The number of para-hydroxylation sites is 1. The highest BCUT2D eigenvalue weighted by Gasteiger charge is 2.38. The van der Waals surface area contributed by atoms with Crippen LogP contribution in [0.4, 0.5) is 5.69 Å². The minimum Gasteiger partial charge on any atom is -0.497 e. The fraction of sp³-hybridized carbons (Fsp3) is 0.400. The van der Waals surface area contributed by atoms with Gasteiger partial charge in [0.15, 0.2) is 0 Å². The third kappa shape index (κ3) is 6.41. The van der Waals surface area contributed by atoms with Crippen LogP contribution in [0.5, 0.6) is 5.75 Å². The number of nitrogens with zero attached hydrogens (tertiary/aromatic N) is 2. The monoisotopic (exact) mass is 504 g/mol. The van der Waals surface area contributed by atoms with Crippen LogP contribution in [0, 0.1) is 0 Å². The molecule has 2 aromatic rings. The van der Waals surface area contributed by atoms with Crippen molar-refractivity contribution in [2.75, 3.05) is 39.2 Å². The smallest absolute Gasteiger partial charge is 0.255 e. The lowest BCUT2D eigenvalue weighted by Gasteiger charge is -2.45. The maximum absolute atomic E-state index is 13.2. The van der Waals surface area contributed by atoms with Gasteiger partial charge in [-0.25, -0.2) is 0 Å². The summed E-state index contributed by atoms with van der Waals surface area (Å²) >= 11 is 0. The predicted octanol–water partition coefficient (Wildman–Crippen LogP) is 4.99. The van der Waals surface area contributed by atoms with Crippen LogP contribution in [-0.4, -0.2) is 51.0 Å². The van der Waals surface area contributed by atoms with Gasteiger partial charge in [-0.2, -0.15) is 0 Å². The summed E-state index contributed by atoms with van der Waals surface area (Å²) in [7, 11) is 5.63. The number of hydrogen-bond acceptors (Lipinski definition) is 5. The first kappa shape index (κ1) is 28.0. The molecule has 2 aromatic carbocycles. The number of methoxy groups -OCH3 is 1. The molecule has 0 spiro atoms. The van der Waals surface area contributed by atoms with Crippen molar-refractivity contribution in [1.29, 1.82) is 0 Å². The summed E-state index contributed by atoms with van der Waals surface area (Å²) in [4.78, 5) is 30.5. The summed E-state index contributed by atoms with van der Waals surface area (Å²) in [5.74, 6) is 0.572. The number of amides is 2. The molecule has 2 heterocycles. The van der Waals surface area contributed by atoms with Gasteiger partial charge in [-0.1, -0.05) is 63.3 Å². The molecule has 37 heavy (non-hydrogen) atoms. The van der Waals surface area contributed by atoms with Crippen molar-refractivity contribution in [1.82, 2.24) is 15.5 Å². The molecule has 0 radical (unpaired) electrons. The van der Waals surface area contributed by atoms with E-state index in [9.17, 15) is 9.59 Å². The summed E-state index contributed by atoms with van der Waals surface area (Å²) in [6.45, 7) is 7.49. The van der Waals surface area contributed by atoms with Gasteiger partial charge in [-0.05, 0) is 56.3 Å². The van der Waals surface area contributed by atoms with Crippen LogP contribution in [0.1, 0.15) is 67.3 Å². The summed E-state index contributed by atoms with van der Waals surface area (Å²) in [5, 5.41) is 6.38. The molecule has 2 aliphatic heterocycles. The molecule has 0 fully saturated rings. The van der Waals surface area contributed by atoms with Crippen molar-refractivity contribution >= 4 is 17.5 Å². The second-order valence-electron chi connectivity index (χ2n) is 9.13. The Kier molecular flexibility index (Phi) is 9.92. The van der Waals surface area contributed by atoms with E-state index in [0.29, 0.717) is 17.7 Å². The Morgan fingerprint density at radius 3 is 2.57 bits per heavy atom. The second kappa shape index (κ2) is 13.1. The van der Waals surface area contributed by atoms with Gasteiger partial charge in [-0.3, -0.25) is 9.59 Å². The zero-order valence-electron chi connectivity index (χ0n) is 22.9. The number of allylic oxidation sites excluding steroid dienone is 1. The molecule has 0 saturated carbocycles. The van der Waals surface area contributed by atoms with E-state index in [0.717, 1.165) is 42.0 Å². The molecule has 2 N–H and O–H groups in total. The first-order valence-corrected chi connectivity index (χ1v) is 13.1. The minimum absolute atomic E-state index is 0.0927. The normalized spacial score (nSPS) is 18.6. The fourth-order valence-corrected chi connectivity index (χ4v) is 4.71. The molecule has 4 rings (SSSR count). The van der Waals surface area contributed by atoms with Gasteiger partial charge >= 0.3 is 0 Å². The molecule has 7 nitrogen and oxygen atoms in total. The SMILES string of the molecule is CC.CC/C=C(\C=C/CN(C)C)C(=O)NC1CCN2c3c(cccc31)C(=O)NC2c1ccc(OC)cc1. The number of nitrogens with one attached hydrogen (secondary N) is 2. The maximum atomic E-state index is 13.2. The molecule has 0 saturated heterocycles. The highest BCUT2D eigenvalue weighted by Crippen LogP contribution is 2.43. The molecule has 0 aromatic heterocycles. The van der Waals surface area contributed by atoms with Crippen LogP contribution in [0.2, 0.25) is 0 Å². The van der Waals surface area contributed by atoms with Crippen molar-refractivity contribution < 1.29 is 14.3 Å². The summed E-state index contributed by atoms with van der Waals surface area (Å²) < 4.78 is 5.29. The molecular weight excluding hydrogens is 464 g/mol. The lowest BCUT2D eigenvalue weighted by atomic mass is 9.89. The van der Waals surface area contributed by atoms with Crippen LogP contribution in [0.15, 0.2) is 66.3 Å². The largest absolute Gasteiger partial charge is 0.497 e. The van der Waals surface area contributed by atoms with Gasteiger partial charge in [0.05, 0.1) is 24.4 Å². The number of hydrogen-bond donors (Lipinski definition) is 2. The topological polar surface area (TPSA) is 73.9 Å². The van der Waals surface area contributed by atoms with Crippen molar-refractivity contribution in [2.24, 2.45) is 0 Å². The number of carbonyl (C=O) groups excluding carboxylic acids is 2. The van der Waals surface area contributed by atoms with Crippen LogP contribution in [0.3, 0.4) is 0 Å². The number of likely N-dealkylation sites (N-methyl/N-ethyl adjacent to an activating group) is 1. The second-order valence-corrected chi connectivity index (χ2v) is 9.13. The molecule has 2 unspecified atom stereocenters. The third-order valence-corrected chi connectivity index (χ3v) is 6.40. The minimum atomic E-state index is -0.275. The lowest BCUT2D eigenvalue weighted by molar-refractivity contribution is -0.118. The number of carbonyl (C=O) groups is 2. The summed E-state index contributed by atoms with van der Waals surface area (Å²) in [5.41, 5.74) is 4.17. The van der Waals surface area contributed by atoms with Crippen LogP contribution in [0.25, 0.3) is 0 Å². The first-order valence-electron chi connectivity index (χ1n) is 13.1. The van der Waals surface area contributed by atoms with Crippen molar-refractivity contribution in [3.8, 4) is 5.75 Å². The molecule has 0 aliphatic carbocycles. The maximum Gasteiger partial charge on any atom is 0.255 e. The average molecular weight is 505 g/mol. The van der Waals surface area contributed by atoms with Crippen molar-refractivity contribution in [3.05, 3.63) is 83.0 Å². The van der Waals surface area contributed by atoms with E-state index in [4.69, 9.17) is 4.74 Å². The Balaban J connectivity index is 0.00000186. The molecule has 0 bridgehead atoms. The Hall–Kier alpha value is -3.58. The zero-order chi connectivity index (χ0) is 26.9. The van der Waals surface area contributed by atoms with E-state index in [1.54, 1.807) is 7.11 Å². The van der Waals surface area contributed by atoms with Gasteiger partial charge in [0.1, 0.15) is 11.9 Å². The Morgan fingerprint density at radius 2 is 1.92 bits per heavy atom. The van der Waals surface area contributed by atoms with E-state index in [2.05, 4.69) is 15.5 Å². The number of ether oxygens (including phenoxy) is 1. The van der Waals surface area contributed by atoms with E-state index in [1.807, 2.05) is 100 Å². The van der Waals surface area contributed by atoms with E-state index in [1.165, 1.54) is 0 Å². The zero-order valence-corrected chi connectivity index (χ0v) is 22.9. The summed E-state index contributed by atoms with van der Waals surface area (Å²) in [6.07, 6.45) is 7.08. The third-order valence-electron chi connectivity index (χ3n) is 6.40. The number of anilines is 1. The van der Waals surface area contributed by atoms with Gasteiger partial charge < -0.3 is 25.2 Å². The molecule has 2 atom stereocenters. The van der Waals surface area contributed by atoms with Gasteiger partial charge in [0.25, 0.3) is 11.8 Å². The highest BCUT2D eigenvalue weighted by molar-refractivity contribution is 6.03. The van der Waals surface area contributed by atoms with Crippen LogP contribution < -0.4 is 20.3 Å². The Bertz CT molecular complexity index is 1140. The van der Waals surface area contributed by atoms with Crippen LogP contribution in [-0.2, 0) is 4.79 Å². The average Bonchev–Trinajstić information content (AvgIpc) is 2.92. The molecule has 2 aliphatic rings. The number of benzene rings is 2. The fourth-order valence-electron chi connectivity index (χ4n) is 4.71. The molecule has 2 amide bonds. The number of rotatable bonds is 8. The summed E-state index contributed by atoms with van der Waals surface area (Å²) in [6, 6.07) is 13.4. The lowest BCUT2D eigenvalue weighted by Crippen LogP contribution is -2.50. The van der Waals surface area contributed by atoms with Gasteiger partial charge in [-0.15, -0.1) is 0 Å². The van der Waals surface area contributed by atoms with E-state index >= 15 is 0 Å². The van der Waals surface area contributed by atoms with Gasteiger partial charge in [0.2, 0.25) is 0 Å². The highest BCUT2D eigenvalue weighted by atomic mass is 16.5. The molecular formula is C30H40N4O3. The molecule has 198 valence electrons. The standard InChI is InChI=1S/C28H34N4O3.C2H6/c1-5-8-20(9-7-17-31(2)3)27(33)29-24-16-18-32-25-22(24)10-6-11-23(25)28(34)30-26(32)19-12-14-21(35-4)15-13-19;1-2/h6-15,24,26H,5,16-18H2,1-4H3,(H,29,33)(H,30,34);1-2H3/b9-7-,20-8+;.